The number of amides is 3. The second-order valence-electron chi connectivity index (χ2n) is 7.19. The molecule has 0 spiro atoms. The van der Waals surface area contributed by atoms with Gasteiger partial charge in [0.15, 0.2) is 5.82 Å². The zero-order valence-corrected chi connectivity index (χ0v) is 17.0. The third kappa shape index (κ3) is 3.30. The summed E-state index contributed by atoms with van der Waals surface area (Å²) in [6.45, 7) is 3.77. The van der Waals surface area contributed by atoms with Crippen molar-refractivity contribution in [3.05, 3.63) is 65.5 Å². The van der Waals surface area contributed by atoms with E-state index in [1.807, 2.05) is 38.1 Å². The average Bonchev–Trinajstić information content (AvgIpc) is 3.33. The van der Waals surface area contributed by atoms with Crippen molar-refractivity contribution in [1.29, 1.82) is 0 Å². The van der Waals surface area contributed by atoms with E-state index in [1.165, 1.54) is 0 Å². The van der Waals surface area contributed by atoms with Gasteiger partial charge in [0, 0.05) is 5.56 Å². The highest BCUT2D eigenvalue weighted by Gasteiger charge is 2.51. The van der Waals surface area contributed by atoms with Crippen LogP contribution in [0.1, 0.15) is 30.3 Å². The van der Waals surface area contributed by atoms with Crippen molar-refractivity contribution < 1.29 is 18.8 Å². The van der Waals surface area contributed by atoms with Gasteiger partial charge in [-0.1, -0.05) is 41.9 Å². The first-order valence-corrected chi connectivity index (χ1v) is 9.65. The molecule has 154 valence electrons. The molecule has 3 aromatic rings. The van der Waals surface area contributed by atoms with Crippen LogP contribution in [-0.2, 0) is 16.9 Å². The lowest BCUT2D eigenvalue weighted by Gasteiger charge is -2.25. The number of rotatable bonds is 6. The molecular weight excluding hydrogens is 384 g/mol. The van der Waals surface area contributed by atoms with Crippen LogP contribution in [0.4, 0.5) is 4.79 Å². The summed E-state index contributed by atoms with van der Waals surface area (Å²) in [6, 6.07) is 14.3. The van der Waals surface area contributed by atoms with Gasteiger partial charge in [0.1, 0.15) is 11.3 Å². The fraction of sp³-hybridized carbons (Fsp3) is 0.273. The van der Waals surface area contributed by atoms with Gasteiger partial charge in [-0.15, -0.1) is 0 Å². The van der Waals surface area contributed by atoms with E-state index in [0.29, 0.717) is 23.6 Å². The summed E-state index contributed by atoms with van der Waals surface area (Å²) in [6.07, 6.45) is 0.404. The topological polar surface area (TPSA) is 97.6 Å². The molecule has 0 bridgehead atoms. The molecule has 1 fully saturated rings. The van der Waals surface area contributed by atoms with Gasteiger partial charge in [0.2, 0.25) is 0 Å². The van der Waals surface area contributed by atoms with Crippen molar-refractivity contribution in [2.24, 2.45) is 0 Å². The van der Waals surface area contributed by atoms with Gasteiger partial charge in [0.05, 0.1) is 13.7 Å². The van der Waals surface area contributed by atoms with Crippen LogP contribution >= 0.6 is 0 Å². The van der Waals surface area contributed by atoms with Gasteiger partial charge in [0.25, 0.3) is 11.8 Å². The van der Waals surface area contributed by atoms with Gasteiger partial charge in [-0.2, -0.15) is 4.98 Å². The minimum absolute atomic E-state index is 0.0715. The number of carbonyl (C=O) groups is 2. The Kier molecular flexibility index (Phi) is 4.99. The van der Waals surface area contributed by atoms with Gasteiger partial charge in [-0.25, -0.2) is 4.79 Å². The lowest BCUT2D eigenvalue weighted by atomic mass is 9.87. The molecule has 1 aliphatic rings. The van der Waals surface area contributed by atoms with Crippen molar-refractivity contribution in [2.75, 3.05) is 7.11 Å². The van der Waals surface area contributed by atoms with E-state index < -0.39 is 11.6 Å². The van der Waals surface area contributed by atoms with E-state index >= 15 is 0 Å². The molecular formula is C22H22N4O4. The predicted octanol–water partition coefficient (Wildman–Crippen LogP) is 3.41. The Morgan fingerprint density at radius 1 is 1.10 bits per heavy atom. The number of imide groups is 1. The molecule has 1 saturated heterocycles. The van der Waals surface area contributed by atoms with Gasteiger partial charge in [-0.3, -0.25) is 9.69 Å². The summed E-state index contributed by atoms with van der Waals surface area (Å²) in [4.78, 5) is 31.4. The number of aryl methyl sites for hydroxylation is 1. The van der Waals surface area contributed by atoms with Crippen molar-refractivity contribution in [3.8, 4) is 17.2 Å². The molecule has 4 rings (SSSR count). The molecule has 1 atom stereocenters. The number of benzene rings is 2. The molecule has 2 heterocycles. The van der Waals surface area contributed by atoms with Crippen molar-refractivity contribution in [1.82, 2.24) is 20.4 Å². The zero-order chi connectivity index (χ0) is 21.3. The molecule has 1 aromatic heterocycles. The SMILES string of the molecule is CCC1(c2ccc(OC)cc2)NC(=O)N(Cc2noc(-c3ccc(C)cc3)n2)C1=O. The van der Waals surface area contributed by atoms with Gasteiger partial charge in [-0.05, 0) is 43.2 Å². The molecule has 8 heteroatoms. The van der Waals surface area contributed by atoms with Crippen LogP contribution in [0.15, 0.2) is 53.1 Å². The third-order valence-electron chi connectivity index (χ3n) is 5.36. The van der Waals surface area contributed by atoms with E-state index in [2.05, 4.69) is 15.5 Å². The van der Waals surface area contributed by atoms with Crippen LogP contribution < -0.4 is 10.1 Å². The Morgan fingerprint density at radius 3 is 2.43 bits per heavy atom. The summed E-state index contributed by atoms with van der Waals surface area (Å²) in [5, 5.41) is 6.79. The Balaban J connectivity index is 1.57. The molecule has 1 N–H and O–H groups in total. The van der Waals surface area contributed by atoms with E-state index in [-0.39, 0.29) is 18.3 Å². The van der Waals surface area contributed by atoms with E-state index in [0.717, 1.165) is 16.0 Å². The number of hydrogen-bond donors (Lipinski definition) is 1. The van der Waals surface area contributed by atoms with Crippen LogP contribution in [0.2, 0.25) is 0 Å². The number of urea groups is 1. The highest BCUT2D eigenvalue weighted by molar-refractivity contribution is 6.07. The quantitative estimate of drug-likeness (QED) is 0.630. The highest BCUT2D eigenvalue weighted by Crippen LogP contribution is 2.34. The number of methoxy groups -OCH3 is 1. The van der Waals surface area contributed by atoms with Gasteiger partial charge < -0.3 is 14.6 Å². The van der Waals surface area contributed by atoms with Crippen LogP contribution in [0.5, 0.6) is 5.75 Å². The first kappa shape index (κ1) is 19.6. The minimum atomic E-state index is -1.13. The minimum Gasteiger partial charge on any atom is -0.497 e. The normalized spacial score (nSPS) is 18.6. The molecule has 30 heavy (non-hydrogen) atoms. The van der Waals surface area contributed by atoms with Crippen LogP contribution in [0.3, 0.4) is 0 Å². The fourth-order valence-electron chi connectivity index (χ4n) is 3.56. The third-order valence-corrected chi connectivity index (χ3v) is 5.36. The second kappa shape index (κ2) is 7.62. The standard InChI is InChI=1S/C22H22N4O4/c1-4-22(16-9-11-17(29-3)12-10-16)20(27)26(21(28)24-22)13-18-23-19(30-25-18)15-7-5-14(2)6-8-15/h5-12H,4,13H2,1-3H3,(H,24,28). The molecule has 0 aliphatic carbocycles. The average molecular weight is 406 g/mol. The predicted molar refractivity (Wildman–Crippen MR) is 109 cm³/mol. The summed E-state index contributed by atoms with van der Waals surface area (Å²) in [7, 11) is 1.57. The van der Waals surface area contributed by atoms with Crippen molar-refractivity contribution >= 4 is 11.9 Å². The Hall–Kier alpha value is -3.68. The number of ether oxygens (including phenoxy) is 1. The summed E-state index contributed by atoms with van der Waals surface area (Å²) < 4.78 is 10.5. The van der Waals surface area contributed by atoms with Crippen molar-refractivity contribution in [3.63, 3.8) is 0 Å². The lowest BCUT2D eigenvalue weighted by molar-refractivity contribution is -0.132. The Labute approximate surface area is 173 Å². The maximum absolute atomic E-state index is 13.3. The zero-order valence-electron chi connectivity index (χ0n) is 17.0. The maximum atomic E-state index is 13.3. The number of nitrogens with one attached hydrogen (secondary N) is 1. The molecule has 8 nitrogen and oxygen atoms in total. The molecule has 0 saturated carbocycles. The number of carbonyl (C=O) groups excluding carboxylic acids is 2. The molecule has 1 aliphatic heterocycles. The van der Waals surface area contributed by atoms with E-state index in [4.69, 9.17) is 9.26 Å². The second-order valence-corrected chi connectivity index (χ2v) is 7.19. The summed E-state index contributed by atoms with van der Waals surface area (Å²) in [5.41, 5.74) is 1.46. The monoisotopic (exact) mass is 406 g/mol. The van der Waals surface area contributed by atoms with Crippen molar-refractivity contribution in [2.45, 2.75) is 32.4 Å². The first-order chi connectivity index (χ1) is 14.5. The van der Waals surface area contributed by atoms with E-state index in [9.17, 15) is 9.59 Å². The number of hydrogen-bond acceptors (Lipinski definition) is 6. The van der Waals surface area contributed by atoms with E-state index in [1.54, 1.807) is 31.4 Å². The lowest BCUT2D eigenvalue weighted by Crippen LogP contribution is -2.43. The molecule has 3 amide bonds. The summed E-state index contributed by atoms with van der Waals surface area (Å²) >= 11 is 0. The maximum Gasteiger partial charge on any atom is 0.325 e. The van der Waals surface area contributed by atoms with Crippen LogP contribution in [0.25, 0.3) is 11.5 Å². The molecule has 0 radical (unpaired) electrons. The van der Waals surface area contributed by atoms with Gasteiger partial charge >= 0.3 is 6.03 Å². The summed E-state index contributed by atoms with van der Waals surface area (Å²) in [5.74, 6) is 0.931. The number of aromatic nitrogens is 2. The Morgan fingerprint density at radius 2 is 1.80 bits per heavy atom. The van der Waals surface area contributed by atoms with Crippen LogP contribution in [0, 0.1) is 6.92 Å². The molecule has 2 aromatic carbocycles. The van der Waals surface area contributed by atoms with Crippen LogP contribution in [-0.4, -0.2) is 34.1 Å². The number of nitrogens with zero attached hydrogens (tertiary/aromatic N) is 3. The largest absolute Gasteiger partial charge is 0.497 e. The molecule has 1 unspecified atom stereocenters. The smallest absolute Gasteiger partial charge is 0.325 e. The Bertz CT molecular complexity index is 1080. The highest BCUT2D eigenvalue weighted by atomic mass is 16.5. The fourth-order valence-corrected chi connectivity index (χ4v) is 3.56. The first-order valence-electron chi connectivity index (χ1n) is 9.65.